The summed E-state index contributed by atoms with van der Waals surface area (Å²) in [6.45, 7) is 2.00. The molecule has 1 N–H and O–H groups in total. The van der Waals surface area contributed by atoms with Gasteiger partial charge in [0, 0.05) is 25.8 Å². The van der Waals surface area contributed by atoms with E-state index in [1.165, 1.54) is 0 Å². The van der Waals surface area contributed by atoms with Gasteiger partial charge < -0.3 is 5.32 Å². The molecule has 1 aliphatic heterocycles. The minimum atomic E-state index is -0.351. The molecule has 0 radical (unpaired) electrons. The Labute approximate surface area is 100 Å². The van der Waals surface area contributed by atoms with Gasteiger partial charge in [0.2, 0.25) is 5.91 Å². The number of piperazine rings is 1. The number of nitrogens with zero attached hydrogens (tertiary/aromatic N) is 3. The van der Waals surface area contributed by atoms with Crippen LogP contribution >= 0.6 is 0 Å². The van der Waals surface area contributed by atoms with E-state index < -0.39 is 0 Å². The minimum Gasteiger partial charge on any atom is -0.353 e. The van der Waals surface area contributed by atoms with E-state index in [1.54, 1.807) is 6.20 Å². The number of nitriles is 1. The van der Waals surface area contributed by atoms with Crippen molar-refractivity contribution in [3.05, 3.63) is 30.1 Å². The Morgan fingerprint density at radius 1 is 1.59 bits per heavy atom. The van der Waals surface area contributed by atoms with E-state index in [1.807, 2.05) is 23.1 Å². The molecule has 0 aromatic carbocycles. The molecule has 0 bridgehead atoms. The Hall–Kier alpha value is -1.93. The quantitative estimate of drug-likeness (QED) is 0.810. The summed E-state index contributed by atoms with van der Waals surface area (Å²) in [5.41, 5.74) is 0.921. The molecule has 88 valence electrons. The first-order valence-corrected chi connectivity index (χ1v) is 5.60. The third kappa shape index (κ3) is 2.80. The van der Waals surface area contributed by atoms with Crippen LogP contribution in [0.15, 0.2) is 24.4 Å². The van der Waals surface area contributed by atoms with Crippen LogP contribution < -0.4 is 5.32 Å². The van der Waals surface area contributed by atoms with Crippen LogP contribution in [0.3, 0.4) is 0 Å². The summed E-state index contributed by atoms with van der Waals surface area (Å²) in [4.78, 5) is 17.9. The van der Waals surface area contributed by atoms with E-state index in [0.29, 0.717) is 13.1 Å². The molecule has 1 fully saturated rings. The van der Waals surface area contributed by atoms with Crippen molar-refractivity contribution in [2.75, 3.05) is 13.1 Å². The van der Waals surface area contributed by atoms with E-state index in [2.05, 4.69) is 16.4 Å². The molecule has 2 heterocycles. The Morgan fingerprint density at radius 3 is 3.18 bits per heavy atom. The predicted molar refractivity (Wildman–Crippen MR) is 61.7 cm³/mol. The molecule has 5 nitrogen and oxygen atoms in total. The second kappa shape index (κ2) is 5.41. The van der Waals surface area contributed by atoms with E-state index in [0.717, 1.165) is 12.2 Å². The lowest BCUT2D eigenvalue weighted by Crippen LogP contribution is -2.54. The first-order valence-electron chi connectivity index (χ1n) is 5.60. The number of nitrogens with one attached hydrogen (secondary N) is 1. The summed E-state index contributed by atoms with van der Waals surface area (Å²) in [6, 6.07) is 7.42. The molecule has 1 aliphatic rings. The molecular formula is C12H14N4O. The van der Waals surface area contributed by atoms with Crippen LogP contribution in [-0.2, 0) is 11.3 Å². The zero-order chi connectivity index (χ0) is 12.1. The van der Waals surface area contributed by atoms with Crippen molar-refractivity contribution in [3.8, 4) is 6.07 Å². The molecular weight excluding hydrogens is 216 g/mol. The van der Waals surface area contributed by atoms with Gasteiger partial charge in [-0.2, -0.15) is 5.26 Å². The number of carbonyl (C=O) groups is 1. The summed E-state index contributed by atoms with van der Waals surface area (Å²) < 4.78 is 0. The van der Waals surface area contributed by atoms with Gasteiger partial charge in [-0.3, -0.25) is 14.7 Å². The van der Waals surface area contributed by atoms with Crippen molar-refractivity contribution < 1.29 is 4.79 Å². The number of rotatable bonds is 3. The maximum atomic E-state index is 11.7. The monoisotopic (exact) mass is 230 g/mol. The molecule has 5 heteroatoms. The average molecular weight is 230 g/mol. The van der Waals surface area contributed by atoms with Crippen molar-refractivity contribution in [1.29, 1.82) is 5.26 Å². The molecule has 1 aromatic rings. The highest BCUT2D eigenvalue weighted by Gasteiger charge is 2.29. The smallest absolute Gasteiger partial charge is 0.238 e. The second-order valence-corrected chi connectivity index (χ2v) is 3.96. The van der Waals surface area contributed by atoms with Gasteiger partial charge in [-0.1, -0.05) is 6.07 Å². The molecule has 1 unspecified atom stereocenters. The summed E-state index contributed by atoms with van der Waals surface area (Å²) in [7, 11) is 0. The Morgan fingerprint density at radius 2 is 2.47 bits per heavy atom. The molecule has 17 heavy (non-hydrogen) atoms. The lowest BCUT2D eigenvalue weighted by atomic mass is 10.1. The average Bonchev–Trinajstić information content (AvgIpc) is 2.35. The minimum absolute atomic E-state index is 0.0614. The highest BCUT2D eigenvalue weighted by molar-refractivity contribution is 5.82. The number of hydrogen-bond acceptors (Lipinski definition) is 4. The predicted octanol–water partition coefficient (Wildman–Crippen LogP) is 0.296. The molecule has 1 aromatic heterocycles. The number of hydrogen-bond donors (Lipinski definition) is 1. The Kier molecular flexibility index (Phi) is 3.68. The molecule has 1 amide bonds. The van der Waals surface area contributed by atoms with Crippen LogP contribution in [0.2, 0.25) is 0 Å². The van der Waals surface area contributed by atoms with E-state index in [9.17, 15) is 4.79 Å². The highest BCUT2D eigenvalue weighted by atomic mass is 16.2. The summed E-state index contributed by atoms with van der Waals surface area (Å²) in [5, 5.41) is 11.5. The Balaban J connectivity index is 2.08. The van der Waals surface area contributed by atoms with Gasteiger partial charge in [-0.05, 0) is 12.1 Å². The Bertz CT molecular complexity index is 426. The number of pyridine rings is 1. The molecule has 1 saturated heterocycles. The van der Waals surface area contributed by atoms with Crippen molar-refractivity contribution in [3.63, 3.8) is 0 Å². The topological polar surface area (TPSA) is 69.0 Å². The zero-order valence-electron chi connectivity index (χ0n) is 9.47. The van der Waals surface area contributed by atoms with Gasteiger partial charge in [-0.25, -0.2) is 0 Å². The normalized spacial score (nSPS) is 20.6. The van der Waals surface area contributed by atoms with E-state index >= 15 is 0 Å². The van der Waals surface area contributed by atoms with Gasteiger partial charge in [0.25, 0.3) is 0 Å². The van der Waals surface area contributed by atoms with Gasteiger partial charge >= 0.3 is 0 Å². The van der Waals surface area contributed by atoms with Gasteiger partial charge in [-0.15, -0.1) is 0 Å². The number of amides is 1. The van der Waals surface area contributed by atoms with Crippen LogP contribution in [-0.4, -0.2) is 34.9 Å². The zero-order valence-corrected chi connectivity index (χ0v) is 9.47. The fourth-order valence-electron chi connectivity index (χ4n) is 1.96. The van der Waals surface area contributed by atoms with Gasteiger partial charge in [0.15, 0.2) is 0 Å². The van der Waals surface area contributed by atoms with Gasteiger partial charge in [0.1, 0.15) is 6.04 Å². The standard InChI is InChI=1S/C12H14N4O/c13-5-4-11-12(17)15-7-8-16(11)9-10-3-1-2-6-14-10/h1-3,6,11H,4,7-9H2,(H,15,17). The van der Waals surface area contributed by atoms with Crippen molar-refractivity contribution >= 4 is 5.91 Å². The lowest BCUT2D eigenvalue weighted by Gasteiger charge is -2.33. The first kappa shape index (κ1) is 11.6. The first-order chi connectivity index (χ1) is 8.31. The number of carbonyl (C=O) groups excluding carboxylic acids is 1. The molecule has 2 rings (SSSR count). The van der Waals surface area contributed by atoms with Crippen LogP contribution in [0, 0.1) is 11.3 Å². The fraction of sp³-hybridized carbons (Fsp3) is 0.417. The van der Waals surface area contributed by atoms with E-state index in [4.69, 9.17) is 5.26 Å². The maximum Gasteiger partial charge on any atom is 0.238 e. The largest absolute Gasteiger partial charge is 0.353 e. The fourth-order valence-corrected chi connectivity index (χ4v) is 1.96. The van der Waals surface area contributed by atoms with Crippen LogP contribution in [0.4, 0.5) is 0 Å². The molecule has 1 atom stereocenters. The summed E-state index contributed by atoms with van der Waals surface area (Å²) >= 11 is 0. The lowest BCUT2D eigenvalue weighted by molar-refractivity contribution is -0.129. The SMILES string of the molecule is N#CCC1C(=O)NCCN1Cc1ccccn1. The van der Waals surface area contributed by atoms with Crippen LogP contribution in [0.5, 0.6) is 0 Å². The van der Waals surface area contributed by atoms with E-state index in [-0.39, 0.29) is 18.4 Å². The van der Waals surface area contributed by atoms with Crippen molar-refractivity contribution in [2.45, 2.75) is 19.0 Å². The number of aromatic nitrogens is 1. The van der Waals surface area contributed by atoms with Crippen LogP contribution in [0.1, 0.15) is 12.1 Å². The highest BCUT2D eigenvalue weighted by Crippen LogP contribution is 2.11. The summed E-state index contributed by atoms with van der Waals surface area (Å²) in [6.07, 6.45) is 1.96. The van der Waals surface area contributed by atoms with Crippen molar-refractivity contribution in [1.82, 2.24) is 15.2 Å². The maximum absolute atomic E-state index is 11.7. The molecule has 0 aliphatic carbocycles. The molecule has 0 saturated carbocycles. The second-order valence-electron chi connectivity index (χ2n) is 3.96. The van der Waals surface area contributed by atoms with Crippen molar-refractivity contribution in [2.24, 2.45) is 0 Å². The third-order valence-electron chi connectivity index (χ3n) is 2.82. The summed E-state index contributed by atoms with van der Waals surface area (Å²) in [5.74, 6) is -0.0614. The van der Waals surface area contributed by atoms with Crippen LogP contribution in [0.25, 0.3) is 0 Å². The van der Waals surface area contributed by atoms with Gasteiger partial charge in [0.05, 0.1) is 18.2 Å². The third-order valence-corrected chi connectivity index (χ3v) is 2.82. The molecule has 0 spiro atoms.